The highest BCUT2D eigenvalue weighted by Crippen LogP contribution is 2.25. The van der Waals surface area contributed by atoms with Crippen LogP contribution in [0.1, 0.15) is 27.7 Å². The first kappa shape index (κ1) is 19.4. The monoisotopic (exact) mass is 343 g/mol. The van der Waals surface area contributed by atoms with Gasteiger partial charge in [-0.25, -0.2) is 4.79 Å². The van der Waals surface area contributed by atoms with Crippen molar-refractivity contribution in [3.05, 3.63) is 11.9 Å². The lowest BCUT2D eigenvalue weighted by atomic mass is 9.90. The molecule has 0 aromatic rings. The Balaban J connectivity index is 4.67. The van der Waals surface area contributed by atoms with Gasteiger partial charge in [-0.15, -0.1) is 0 Å². The lowest BCUT2D eigenvalue weighted by Crippen LogP contribution is -2.34. The van der Waals surface area contributed by atoms with E-state index in [2.05, 4.69) is 10.6 Å². The fraction of sp³-hybridized carbons (Fsp3) is 0.667. The van der Waals surface area contributed by atoms with Gasteiger partial charge in [0.1, 0.15) is 12.4 Å². The molecular weight excluding hydrogens is 325 g/mol. The number of rotatable bonds is 5. The summed E-state index contributed by atoms with van der Waals surface area (Å²) in [4.78, 5) is 11.5. The highest BCUT2D eigenvalue weighted by atomic mass is 35.6. The molecule has 0 fully saturated rings. The minimum Gasteiger partial charge on any atom is -0.445 e. The van der Waals surface area contributed by atoms with Crippen molar-refractivity contribution in [3.63, 3.8) is 0 Å². The molecule has 0 spiro atoms. The Kier molecular flexibility index (Phi) is 7.70. The van der Waals surface area contributed by atoms with Crippen LogP contribution in [-0.4, -0.2) is 28.7 Å². The minimum absolute atomic E-state index is 0.330. The Labute approximate surface area is 134 Å². The zero-order chi connectivity index (χ0) is 16.0. The van der Waals surface area contributed by atoms with Crippen LogP contribution in [0.15, 0.2) is 11.9 Å². The van der Waals surface area contributed by atoms with Gasteiger partial charge in [0.05, 0.1) is 0 Å². The van der Waals surface area contributed by atoms with Crippen molar-refractivity contribution in [2.75, 3.05) is 13.2 Å². The van der Waals surface area contributed by atoms with E-state index in [9.17, 15) is 4.79 Å². The average molecular weight is 345 g/mol. The van der Waals surface area contributed by atoms with Crippen molar-refractivity contribution < 1.29 is 9.53 Å². The number of nitrogens with one attached hydrogen (secondary N) is 3. The molecule has 8 heteroatoms. The van der Waals surface area contributed by atoms with E-state index in [1.165, 1.54) is 6.08 Å². The Morgan fingerprint density at radius 3 is 2.25 bits per heavy atom. The fourth-order valence-electron chi connectivity index (χ4n) is 0.976. The summed E-state index contributed by atoms with van der Waals surface area (Å²) >= 11 is 16.4. The molecule has 5 nitrogen and oxygen atoms in total. The summed E-state index contributed by atoms with van der Waals surface area (Å²) in [7, 11) is 0. The molecule has 0 unspecified atom stereocenters. The van der Waals surface area contributed by atoms with Crippen LogP contribution < -0.4 is 10.6 Å². The predicted molar refractivity (Wildman–Crippen MR) is 83.7 cm³/mol. The van der Waals surface area contributed by atoms with Crippen LogP contribution in [0.25, 0.3) is 0 Å². The second kappa shape index (κ2) is 7.96. The molecule has 0 heterocycles. The Hall–Kier alpha value is -0.650. The highest BCUT2D eigenvalue weighted by molar-refractivity contribution is 6.67. The molecule has 0 saturated carbocycles. The molecule has 0 saturated heterocycles. The Bertz CT molecular complexity index is 384. The molecule has 0 aliphatic carbocycles. The average Bonchev–Trinajstić information content (AvgIpc) is 2.24. The van der Waals surface area contributed by atoms with E-state index in [0.29, 0.717) is 18.1 Å². The van der Waals surface area contributed by atoms with Crippen LogP contribution in [0.4, 0.5) is 4.79 Å². The van der Waals surface area contributed by atoms with E-state index in [1.807, 2.05) is 27.7 Å². The highest BCUT2D eigenvalue weighted by Gasteiger charge is 2.22. The van der Waals surface area contributed by atoms with E-state index in [-0.39, 0.29) is 12.0 Å². The third kappa shape index (κ3) is 9.28. The standard InChI is InChI=1S/C12H20Cl3N3O2/c1-5-17-9(6-8(16)11(2,3)4)18-10(19)20-7-12(13,14)15/h6,16-17H,5,7H2,1-4H3,(H,18,19)/b9-6+,16-8?. The molecule has 0 aromatic carbocycles. The number of alkyl halides is 3. The molecule has 1 amide bonds. The molecule has 0 bridgehead atoms. The molecule has 0 rings (SSSR count). The first-order chi connectivity index (χ1) is 8.95. The number of ether oxygens (including phenoxy) is 1. The summed E-state index contributed by atoms with van der Waals surface area (Å²) in [5.41, 5.74) is 0.0271. The van der Waals surface area contributed by atoms with Gasteiger partial charge in [0.15, 0.2) is 0 Å². The lowest BCUT2D eigenvalue weighted by Gasteiger charge is -2.19. The molecule has 3 N–H and O–H groups in total. The largest absolute Gasteiger partial charge is 0.445 e. The number of carbonyl (C=O) groups excluding carboxylic acids is 1. The second-order valence-electron chi connectivity index (χ2n) is 5.07. The van der Waals surface area contributed by atoms with E-state index in [1.54, 1.807) is 0 Å². The Morgan fingerprint density at radius 2 is 1.85 bits per heavy atom. The van der Waals surface area contributed by atoms with Gasteiger partial charge in [-0.1, -0.05) is 55.6 Å². The minimum atomic E-state index is -1.66. The van der Waals surface area contributed by atoms with Gasteiger partial charge in [0, 0.05) is 17.7 Å². The smallest absolute Gasteiger partial charge is 0.412 e. The molecule has 0 aliphatic heterocycles. The zero-order valence-corrected chi connectivity index (χ0v) is 14.2. The van der Waals surface area contributed by atoms with Crippen LogP contribution in [0.5, 0.6) is 0 Å². The van der Waals surface area contributed by atoms with Gasteiger partial charge in [0.2, 0.25) is 3.79 Å². The number of allylic oxidation sites excluding steroid dienone is 1. The van der Waals surface area contributed by atoms with E-state index in [4.69, 9.17) is 44.9 Å². The fourth-order valence-corrected chi connectivity index (χ4v) is 1.14. The molecule has 0 aliphatic rings. The number of carbonyl (C=O) groups is 1. The number of hydrogen-bond acceptors (Lipinski definition) is 4. The van der Waals surface area contributed by atoms with E-state index in [0.717, 1.165) is 0 Å². The first-order valence-corrected chi connectivity index (χ1v) is 7.14. The maximum absolute atomic E-state index is 11.5. The molecule has 0 radical (unpaired) electrons. The third-order valence-corrected chi connectivity index (χ3v) is 2.39. The van der Waals surface area contributed by atoms with E-state index >= 15 is 0 Å². The lowest BCUT2D eigenvalue weighted by molar-refractivity contribution is 0.150. The summed E-state index contributed by atoms with van der Waals surface area (Å²) < 4.78 is 3.10. The molecule has 116 valence electrons. The van der Waals surface area contributed by atoms with Gasteiger partial charge in [-0.05, 0) is 13.0 Å². The summed E-state index contributed by atoms with van der Waals surface area (Å²) in [6.45, 7) is 7.78. The summed E-state index contributed by atoms with van der Waals surface area (Å²) in [5.74, 6) is 0.363. The summed E-state index contributed by atoms with van der Waals surface area (Å²) in [5, 5.41) is 13.3. The van der Waals surface area contributed by atoms with Crippen molar-refractivity contribution in [2.45, 2.75) is 31.5 Å². The summed E-state index contributed by atoms with van der Waals surface area (Å²) in [6, 6.07) is 0. The van der Waals surface area contributed by atoms with Crippen LogP contribution in [-0.2, 0) is 4.74 Å². The normalized spacial score (nSPS) is 12.8. The maximum atomic E-state index is 11.5. The molecular formula is C12H20Cl3N3O2. The van der Waals surface area contributed by atoms with Gasteiger partial charge in [-0.3, -0.25) is 5.32 Å². The van der Waals surface area contributed by atoms with Crippen molar-refractivity contribution in [2.24, 2.45) is 5.41 Å². The Morgan fingerprint density at radius 1 is 1.30 bits per heavy atom. The van der Waals surface area contributed by atoms with Crippen molar-refractivity contribution in [3.8, 4) is 0 Å². The zero-order valence-electron chi connectivity index (χ0n) is 11.9. The predicted octanol–water partition coefficient (Wildman–Crippen LogP) is 3.60. The second-order valence-corrected chi connectivity index (χ2v) is 7.58. The van der Waals surface area contributed by atoms with Crippen LogP contribution >= 0.6 is 34.8 Å². The van der Waals surface area contributed by atoms with Crippen LogP contribution in [0, 0.1) is 10.8 Å². The maximum Gasteiger partial charge on any atom is 0.412 e. The number of hydrogen-bond donors (Lipinski definition) is 3. The van der Waals surface area contributed by atoms with Crippen LogP contribution in [0.3, 0.4) is 0 Å². The molecule has 0 atom stereocenters. The van der Waals surface area contributed by atoms with Crippen molar-refractivity contribution in [1.29, 1.82) is 5.41 Å². The number of amides is 1. The topological polar surface area (TPSA) is 74.2 Å². The van der Waals surface area contributed by atoms with E-state index < -0.39 is 9.89 Å². The summed E-state index contributed by atoms with van der Waals surface area (Å²) in [6.07, 6.45) is 0.769. The van der Waals surface area contributed by atoms with Gasteiger partial charge in [-0.2, -0.15) is 0 Å². The number of alkyl carbamates (subject to hydrolysis) is 1. The quantitative estimate of drug-likeness (QED) is 0.527. The third-order valence-electron chi connectivity index (χ3n) is 2.07. The molecule has 0 aromatic heterocycles. The first-order valence-electron chi connectivity index (χ1n) is 6.01. The van der Waals surface area contributed by atoms with Gasteiger partial charge < -0.3 is 15.5 Å². The van der Waals surface area contributed by atoms with Crippen LogP contribution in [0.2, 0.25) is 0 Å². The van der Waals surface area contributed by atoms with Crippen molar-refractivity contribution in [1.82, 2.24) is 10.6 Å². The number of halogens is 3. The van der Waals surface area contributed by atoms with Gasteiger partial charge in [0.25, 0.3) is 0 Å². The van der Waals surface area contributed by atoms with Crippen molar-refractivity contribution >= 4 is 46.6 Å². The SMILES string of the molecule is CCN/C(=C\C(=N)C(C)(C)C)NC(=O)OCC(Cl)(Cl)Cl. The molecule has 20 heavy (non-hydrogen) atoms. The van der Waals surface area contributed by atoms with Gasteiger partial charge >= 0.3 is 6.09 Å².